The van der Waals surface area contributed by atoms with Gasteiger partial charge in [0.2, 0.25) is 0 Å². The van der Waals surface area contributed by atoms with Crippen molar-refractivity contribution < 1.29 is 19.1 Å². The van der Waals surface area contributed by atoms with Gasteiger partial charge in [0.1, 0.15) is 6.04 Å². The number of halogens is 1. The van der Waals surface area contributed by atoms with E-state index in [0.717, 1.165) is 8.47 Å². The number of carbonyl (C=O) groups is 3. The molecule has 0 aliphatic carbocycles. The summed E-state index contributed by atoms with van der Waals surface area (Å²) in [6.45, 7) is 0. The van der Waals surface area contributed by atoms with Crippen LogP contribution in [0.5, 0.6) is 0 Å². The second-order valence-corrected chi connectivity index (χ2v) is 6.48. The molecule has 1 atom stereocenters. The van der Waals surface area contributed by atoms with Crippen molar-refractivity contribution in [2.75, 3.05) is 21.2 Å². The Bertz CT molecular complexity index is 684. The minimum Gasteiger partial charge on any atom is -0.467 e. The predicted molar refractivity (Wildman–Crippen MR) is 92.5 cm³/mol. The van der Waals surface area contributed by atoms with Crippen LogP contribution in [0.25, 0.3) is 0 Å². The van der Waals surface area contributed by atoms with Crippen molar-refractivity contribution in [3.8, 4) is 0 Å². The molecule has 1 aliphatic heterocycles. The van der Waals surface area contributed by atoms with Gasteiger partial charge in [0.15, 0.2) is 0 Å². The van der Waals surface area contributed by atoms with Crippen LogP contribution in [0.2, 0.25) is 0 Å². The largest absolute Gasteiger partial charge is 0.467 e. The molecule has 0 N–H and O–H groups in total. The van der Waals surface area contributed by atoms with Gasteiger partial charge in [-0.25, -0.2) is 4.79 Å². The van der Waals surface area contributed by atoms with Gasteiger partial charge in [-0.15, -0.1) is 0 Å². The maximum atomic E-state index is 12.8. The van der Waals surface area contributed by atoms with Crippen molar-refractivity contribution in [3.05, 3.63) is 45.2 Å². The van der Waals surface area contributed by atoms with Crippen LogP contribution in [0.4, 0.5) is 0 Å². The zero-order chi connectivity index (χ0) is 17.1. The molecular formula is C16H17IN2O4. The number of benzene rings is 1. The van der Waals surface area contributed by atoms with E-state index in [1.165, 1.54) is 7.11 Å². The van der Waals surface area contributed by atoms with Crippen molar-refractivity contribution in [1.29, 1.82) is 0 Å². The molecule has 1 aromatic carbocycles. The molecule has 1 aromatic rings. The van der Waals surface area contributed by atoms with Gasteiger partial charge in [0, 0.05) is 35.9 Å². The van der Waals surface area contributed by atoms with E-state index < -0.39 is 23.8 Å². The molecule has 2 amide bonds. The van der Waals surface area contributed by atoms with Crippen LogP contribution >= 0.6 is 22.6 Å². The smallest absolute Gasteiger partial charge is 0.329 e. The molecule has 0 spiro atoms. The van der Waals surface area contributed by atoms with E-state index in [1.807, 2.05) is 22.6 Å². The summed E-state index contributed by atoms with van der Waals surface area (Å²) in [5.41, 5.74) is 0.797. The number of likely N-dealkylation sites (tertiary alicyclic amines) is 1. The zero-order valence-corrected chi connectivity index (χ0v) is 15.2. The number of ether oxygens (including phenoxy) is 1. The van der Waals surface area contributed by atoms with Gasteiger partial charge in [-0.3, -0.25) is 14.5 Å². The molecule has 23 heavy (non-hydrogen) atoms. The van der Waals surface area contributed by atoms with Crippen LogP contribution in [0.1, 0.15) is 16.8 Å². The number of hydrogen-bond donors (Lipinski definition) is 0. The summed E-state index contributed by atoms with van der Waals surface area (Å²) in [6, 6.07) is 6.01. The third-order valence-corrected chi connectivity index (χ3v) is 4.37. The molecule has 0 radical (unpaired) electrons. The first kappa shape index (κ1) is 17.5. The van der Waals surface area contributed by atoms with Crippen molar-refractivity contribution in [3.63, 3.8) is 0 Å². The average Bonchev–Trinajstić information content (AvgIpc) is 2.82. The fourth-order valence-corrected chi connectivity index (χ4v) is 3.04. The highest BCUT2D eigenvalue weighted by atomic mass is 127. The van der Waals surface area contributed by atoms with Crippen LogP contribution in [0, 0.1) is 3.57 Å². The second-order valence-electron chi connectivity index (χ2n) is 5.32. The van der Waals surface area contributed by atoms with Gasteiger partial charge in [0.05, 0.1) is 12.7 Å². The maximum absolute atomic E-state index is 12.8. The lowest BCUT2D eigenvalue weighted by Crippen LogP contribution is -2.43. The van der Waals surface area contributed by atoms with Gasteiger partial charge >= 0.3 is 5.97 Å². The van der Waals surface area contributed by atoms with Gasteiger partial charge in [-0.05, 0) is 34.7 Å². The summed E-state index contributed by atoms with van der Waals surface area (Å²) in [5.74, 6) is -1.55. The van der Waals surface area contributed by atoms with E-state index >= 15 is 0 Å². The van der Waals surface area contributed by atoms with Crippen LogP contribution < -0.4 is 0 Å². The van der Waals surface area contributed by atoms with E-state index in [9.17, 15) is 14.4 Å². The monoisotopic (exact) mass is 428 g/mol. The molecule has 0 aromatic heterocycles. The van der Waals surface area contributed by atoms with Crippen molar-refractivity contribution in [2.45, 2.75) is 12.5 Å². The van der Waals surface area contributed by atoms with Crippen LogP contribution in [0.15, 0.2) is 36.0 Å². The lowest BCUT2D eigenvalue weighted by atomic mass is 10.1. The first-order valence-corrected chi connectivity index (χ1v) is 8.02. The number of hydrogen-bond acceptors (Lipinski definition) is 5. The Kier molecular flexibility index (Phi) is 5.40. The second kappa shape index (κ2) is 7.12. The quantitative estimate of drug-likeness (QED) is 0.317. The molecule has 1 heterocycles. The number of methoxy groups -OCH3 is 1. The third kappa shape index (κ3) is 3.54. The lowest BCUT2D eigenvalue weighted by molar-refractivity contribution is -0.147. The number of rotatable bonds is 3. The SMILES string of the molecule is COC(=O)C1CC(=CN(C)C)C(=O)N1C(=O)c1ccccc1I. The van der Waals surface area contributed by atoms with Gasteiger partial charge < -0.3 is 9.64 Å². The minimum atomic E-state index is -0.929. The van der Waals surface area contributed by atoms with E-state index in [0.29, 0.717) is 11.1 Å². The Labute approximate surface area is 148 Å². The van der Waals surface area contributed by atoms with Crippen LogP contribution in [-0.4, -0.2) is 54.8 Å². The summed E-state index contributed by atoms with van der Waals surface area (Å²) in [6.07, 6.45) is 1.78. The van der Waals surface area contributed by atoms with Crippen LogP contribution in [-0.2, 0) is 14.3 Å². The summed E-state index contributed by atoms with van der Waals surface area (Å²) in [7, 11) is 4.80. The predicted octanol–water partition coefficient (Wildman–Crippen LogP) is 1.65. The third-order valence-electron chi connectivity index (χ3n) is 3.43. The molecule has 1 aliphatic rings. The van der Waals surface area contributed by atoms with Crippen LogP contribution in [0.3, 0.4) is 0 Å². The number of carbonyl (C=O) groups excluding carboxylic acids is 3. The number of amides is 2. The van der Waals surface area contributed by atoms with Gasteiger partial charge in [-0.1, -0.05) is 12.1 Å². The number of nitrogens with zero attached hydrogens (tertiary/aromatic N) is 2. The maximum Gasteiger partial charge on any atom is 0.329 e. The number of esters is 1. The molecule has 1 saturated heterocycles. The molecule has 0 bridgehead atoms. The van der Waals surface area contributed by atoms with E-state index in [1.54, 1.807) is 49.5 Å². The summed E-state index contributed by atoms with van der Waals surface area (Å²) in [4.78, 5) is 40.1. The van der Waals surface area contributed by atoms with Crippen molar-refractivity contribution in [2.24, 2.45) is 0 Å². The fourth-order valence-electron chi connectivity index (χ4n) is 2.43. The van der Waals surface area contributed by atoms with Crippen molar-refractivity contribution >= 4 is 40.4 Å². The Hall–Kier alpha value is -1.90. The highest BCUT2D eigenvalue weighted by Gasteiger charge is 2.44. The molecular weight excluding hydrogens is 411 g/mol. The topological polar surface area (TPSA) is 66.9 Å². The molecule has 6 nitrogen and oxygen atoms in total. The molecule has 1 unspecified atom stereocenters. The van der Waals surface area contributed by atoms with E-state index in [-0.39, 0.29) is 6.42 Å². The fraction of sp³-hybridized carbons (Fsp3) is 0.312. The summed E-state index contributed by atoms with van der Waals surface area (Å²) >= 11 is 2.03. The summed E-state index contributed by atoms with van der Waals surface area (Å²) < 4.78 is 5.47. The molecule has 2 rings (SSSR count). The highest BCUT2D eigenvalue weighted by Crippen LogP contribution is 2.28. The average molecular weight is 428 g/mol. The molecule has 0 saturated carbocycles. The van der Waals surface area contributed by atoms with Gasteiger partial charge in [0.25, 0.3) is 11.8 Å². The Morgan fingerprint density at radius 1 is 1.35 bits per heavy atom. The first-order valence-electron chi connectivity index (χ1n) is 6.94. The van der Waals surface area contributed by atoms with E-state index in [4.69, 9.17) is 4.74 Å². The van der Waals surface area contributed by atoms with Gasteiger partial charge in [-0.2, -0.15) is 0 Å². The Morgan fingerprint density at radius 3 is 2.57 bits per heavy atom. The molecule has 1 fully saturated rings. The van der Waals surface area contributed by atoms with E-state index in [2.05, 4.69) is 0 Å². The normalized spacial score (nSPS) is 19.1. The highest BCUT2D eigenvalue weighted by molar-refractivity contribution is 14.1. The minimum absolute atomic E-state index is 0.152. The number of imide groups is 1. The van der Waals surface area contributed by atoms with Crippen molar-refractivity contribution in [1.82, 2.24) is 9.80 Å². The summed E-state index contributed by atoms with van der Waals surface area (Å²) in [5, 5.41) is 0. The first-order chi connectivity index (χ1) is 10.9. The Balaban J connectivity index is 2.44. The molecule has 7 heteroatoms. The lowest BCUT2D eigenvalue weighted by Gasteiger charge is -2.21. The Morgan fingerprint density at radius 2 is 2.00 bits per heavy atom. The zero-order valence-electron chi connectivity index (χ0n) is 13.1. The molecule has 122 valence electrons. The standard InChI is InChI=1S/C16H17IN2O4/c1-18(2)9-10-8-13(16(22)23-3)19(14(10)20)15(21)11-6-4-5-7-12(11)17/h4-7,9,13H,8H2,1-3H3.